The summed E-state index contributed by atoms with van der Waals surface area (Å²) in [5, 5.41) is 1.68. The van der Waals surface area contributed by atoms with E-state index in [4.69, 9.17) is 0 Å². The van der Waals surface area contributed by atoms with E-state index in [1.54, 1.807) is 24.3 Å². The van der Waals surface area contributed by atoms with Crippen molar-refractivity contribution in [2.45, 2.75) is 12.7 Å². The van der Waals surface area contributed by atoms with Crippen LogP contribution in [0.2, 0.25) is 0 Å². The molecule has 4 nitrogen and oxygen atoms in total. The number of alkyl halides is 3. The predicted molar refractivity (Wildman–Crippen MR) is 68.7 cm³/mol. The van der Waals surface area contributed by atoms with Gasteiger partial charge in [0.05, 0.1) is 17.8 Å². The molecular formula is C13H13F3N4. The van der Waals surface area contributed by atoms with E-state index in [0.29, 0.717) is 18.1 Å². The van der Waals surface area contributed by atoms with Gasteiger partial charge in [0.25, 0.3) is 0 Å². The smallest absolute Gasteiger partial charge is 0.295 e. The second-order valence-corrected chi connectivity index (χ2v) is 4.12. The molecule has 0 saturated carbocycles. The van der Waals surface area contributed by atoms with Gasteiger partial charge in [-0.05, 0) is 24.3 Å². The Balaban J connectivity index is 1.94. The highest BCUT2D eigenvalue weighted by Gasteiger charge is 2.30. The Morgan fingerprint density at radius 3 is 2.50 bits per heavy atom. The van der Waals surface area contributed by atoms with E-state index in [0.717, 1.165) is 12.3 Å². The molecule has 2 rings (SSSR count). The normalized spacial score (nSPS) is 11.4. The van der Waals surface area contributed by atoms with Gasteiger partial charge in [-0.15, -0.1) is 0 Å². The summed E-state index contributed by atoms with van der Waals surface area (Å²) < 4.78 is 37.1. The first-order chi connectivity index (χ1) is 9.47. The Bertz CT molecular complexity index is 540. The Morgan fingerprint density at radius 1 is 1.15 bits per heavy atom. The highest BCUT2D eigenvalue weighted by Crippen LogP contribution is 2.28. The third-order valence-electron chi connectivity index (χ3n) is 2.64. The van der Waals surface area contributed by atoms with Crippen LogP contribution < -0.4 is 10.4 Å². The minimum Gasteiger partial charge on any atom is -0.295 e. The van der Waals surface area contributed by atoms with Crippen LogP contribution in [-0.2, 0) is 12.7 Å². The molecule has 1 N–H and O–H groups in total. The van der Waals surface area contributed by atoms with Crippen LogP contribution in [0.4, 0.5) is 19.0 Å². The average Bonchev–Trinajstić information content (AvgIpc) is 2.45. The van der Waals surface area contributed by atoms with Crippen molar-refractivity contribution in [1.29, 1.82) is 0 Å². The maximum atomic E-state index is 12.4. The van der Waals surface area contributed by atoms with Crippen molar-refractivity contribution in [2.24, 2.45) is 0 Å². The Labute approximate surface area is 114 Å². The van der Waals surface area contributed by atoms with Crippen molar-refractivity contribution < 1.29 is 13.2 Å². The number of anilines is 1. The highest BCUT2D eigenvalue weighted by atomic mass is 19.4. The van der Waals surface area contributed by atoms with Gasteiger partial charge in [0.15, 0.2) is 0 Å². The van der Waals surface area contributed by atoms with Crippen LogP contribution in [0.5, 0.6) is 0 Å². The molecule has 0 radical (unpaired) electrons. The van der Waals surface area contributed by atoms with Gasteiger partial charge in [0, 0.05) is 19.4 Å². The van der Waals surface area contributed by atoms with Crippen molar-refractivity contribution in [3.63, 3.8) is 0 Å². The molecule has 0 aliphatic carbocycles. The summed E-state index contributed by atoms with van der Waals surface area (Å²) >= 11 is 0. The van der Waals surface area contributed by atoms with Crippen LogP contribution in [0.3, 0.4) is 0 Å². The van der Waals surface area contributed by atoms with Crippen LogP contribution in [0.25, 0.3) is 0 Å². The van der Waals surface area contributed by atoms with Crippen LogP contribution in [0.1, 0.15) is 11.3 Å². The van der Waals surface area contributed by atoms with Gasteiger partial charge in [0.2, 0.25) is 0 Å². The first kappa shape index (κ1) is 14.3. The SMILES string of the molecule is CN(NCc1ccc(C(F)(F)F)cn1)c1ccccn1. The molecule has 2 aromatic heterocycles. The molecule has 0 aliphatic rings. The fourth-order valence-electron chi connectivity index (χ4n) is 1.53. The maximum absolute atomic E-state index is 12.4. The van der Waals surface area contributed by atoms with Crippen LogP contribution in [0.15, 0.2) is 42.7 Å². The molecule has 0 aliphatic heterocycles. The van der Waals surface area contributed by atoms with Gasteiger partial charge >= 0.3 is 6.18 Å². The van der Waals surface area contributed by atoms with Gasteiger partial charge < -0.3 is 0 Å². The summed E-state index contributed by atoms with van der Waals surface area (Å²) in [7, 11) is 1.77. The highest BCUT2D eigenvalue weighted by molar-refractivity contribution is 5.34. The number of hydrogen-bond donors (Lipinski definition) is 1. The first-order valence-electron chi connectivity index (χ1n) is 5.87. The molecule has 2 heterocycles. The first-order valence-corrected chi connectivity index (χ1v) is 5.87. The standard InChI is InChI=1S/C13H13F3N4/c1-20(12-4-2-3-7-17-12)19-9-11-6-5-10(8-18-11)13(14,15)16/h2-8,19H,9H2,1H3. The molecule has 0 saturated heterocycles. The Morgan fingerprint density at radius 2 is 1.95 bits per heavy atom. The van der Waals surface area contributed by atoms with Crippen molar-refractivity contribution >= 4 is 5.82 Å². The number of nitrogens with one attached hydrogen (secondary N) is 1. The summed E-state index contributed by atoms with van der Waals surface area (Å²) in [5.74, 6) is 0.708. The summed E-state index contributed by atoms with van der Waals surface area (Å²) in [6.07, 6.45) is -1.87. The largest absolute Gasteiger partial charge is 0.417 e. The van der Waals surface area contributed by atoms with Gasteiger partial charge in [-0.25, -0.2) is 10.4 Å². The van der Waals surface area contributed by atoms with E-state index < -0.39 is 11.7 Å². The molecule has 2 aromatic rings. The van der Waals surface area contributed by atoms with Crippen LogP contribution >= 0.6 is 0 Å². The number of hydrogen-bond acceptors (Lipinski definition) is 4. The van der Waals surface area contributed by atoms with E-state index in [2.05, 4.69) is 15.4 Å². The second kappa shape index (κ2) is 5.87. The fraction of sp³-hybridized carbons (Fsp3) is 0.231. The molecule has 0 fully saturated rings. The lowest BCUT2D eigenvalue weighted by atomic mass is 10.2. The Kier molecular flexibility index (Phi) is 4.19. The zero-order valence-corrected chi connectivity index (χ0v) is 10.7. The molecule has 0 unspecified atom stereocenters. The van der Waals surface area contributed by atoms with Gasteiger partial charge in [0.1, 0.15) is 5.82 Å². The summed E-state index contributed by atoms with van der Waals surface area (Å²) in [6.45, 7) is 0.311. The van der Waals surface area contributed by atoms with Crippen molar-refractivity contribution in [3.8, 4) is 0 Å². The summed E-state index contributed by atoms with van der Waals surface area (Å²) in [4.78, 5) is 7.91. The number of aromatic nitrogens is 2. The minimum absolute atomic E-state index is 0.311. The molecule has 0 aromatic carbocycles. The van der Waals surface area contributed by atoms with E-state index >= 15 is 0 Å². The van der Waals surface area contributed by atoms with E-state index in [1.807, 2.05) is 12.1 Å². The van der Waals surface area contributed by atoms with E-state index in [1.165, 1.54) is 6.07 Å². The lowest BCUT2D eigenvalue weighted by Crippen LogP contribution is -2.34. The van der Waals surface area contributed by atoms with Crippen molar-refractivity contribution in [2.75, 3.05) is 12.1 Å². The predicted octanol–water partition coefficient (Wildman–Crippen LogP) is 2.64. The number of nitrogens with zero attached hydrogens (tertiary/aromatic N) is 3. The molecule has 0 atom stereocenters. The van der Waals surface area contributed by atoms with Gasteiger partial charge in [-0.1, -0.05) is 6.07 Å². The summed E-state index contributed by atoms with van der Waals surface area (Å²) in [5.41, 5.74) is 2.76. The fourth-order valence-corrected chi connectivity index (χ4v) is 1.53. The molecule has 0 amide bonds. The average molecular weight is 282 g/mol. The second-order valence-electron chi connectivity index (χ2n) is 4.12. The molecule has 20 heavy (non-hydrogen) atoms. The number of rotatable bonds is 4. The molecular weight excluding hydrogens is 269 g/mol. The third-order valence-corrected chi connectivity index (χ3v) is 2.64. The number of pyridine rings is 2. The third kappa shape index (κ3) is 3.67. The molecule has 106 valence electrons. The van der Waals surface area contributed by atoms with Crippen LogP contribution in [0, 0.1) is 0 Å². The molecule has 0 bridgehead atoms. The lowest BCUT2D eigenvalue weighted by molar-refractivity contribution is -0.137. The van der Waals surface area contributed by atoms with Crippen LogP contribution in [-0.4, -0.2) is 17.0 Å². The molecule has 7 heteroatoms. The van der Waals surface area contributed by atoms with Crippen molar-refractivity contribution in [1.82, 2.24) is 15.4 Å². The molecule has 0 spiro atoms. The zero-order valence-electron chi connectivity index (χ0n) is 10.7. The summed E-state index contributed by atoms with van der Waals surface area (Å²) in [6, 6.07) is 7.83. The van der Waals surface area contributed by atoms with E-state index in [-0.39, 0.29) is 0 Å². The maximum Gasteiger partial charge on any atom is 0.417 e. The lowest BCUT2D eigenvalue weighted by Gasteiger charge is -2.18. The van der Waals surface area contributed by atoms with E-state index in [9.17, 15) is 13.2 Å². The quantitative estimate of drug-likeness (QED) is 0.875. The number of halogens is 3. The zero-order chi connectivity index (χ0) is 14.6. The Hall–Kier alpha value is -2.15. The van der Waals surface area contributed by atoms with Gasteiger partial charge in [-0.3, -0.25) is 9.99 Å². The topological polar surface area (TPSA) is 41.0 Å². The minimum atomic E-state index is -4.36. The number of hydrazine groups is 1. The monoisotopic (exact) mass is 282 g/mol. The van der Waals surface area contributed by atoms with Gasteiger partial charge in [-0.2, -0.15) is 13.2 Å². The van der Waals surface area contributed by atoms with Crippen molar-refractivity contribution in [3.05, 3.63) is 54.0 Å².